The summed E-state index contributed by atoms with van der Waals surface area (Å²) in [4.78, 5) is 25.8. The first-order chi connectivity index (χ1) is 13.2. The molecule has 0 aliphatic heterocycles. The second-order valence-corrected chi connectivity index (χ2v) is 8.60. The van der Waals surface area contributed by atoms with Crippen molar-refractivity contribution in [2.75, 3.05) is 19.3 Å². The van der Waals surface area contributed by atoms with Crippen molar-refractivity contribution >= 4 is 23.5 Å². The average molecular weight is 395 g/mol. The number of rotatable bonds is 9. The summed E-state index contributed by atoms with van der Waals surface area (Å²) >= 11 is 1.42. The van der Waals surface area contributed by atoms with E-state index < -0.39 is 6.04 Å². The summed E-state index contributed by atoms with van der Waals surface area (Å²) in [5, 5.41) is 14.4. The number of amides is 1. The molecule has 2 fully saturated rings. The Kier molecular flexibility index (Phi) is 7.70. The molecular weight excluding hydrogens is 364 g/mol. The summed E-state index contributed by atoms with van der Waals surface area (Å²) in [5.41, 5.74) is 0. The molecule has 1 unspecified atom stereocenters. The highest BCUT2D eigenvalue weighted by atomic mass is 32.2. The largest absolute Gasteiger partial charge is 0.408 e. The van der Waals surface area contributed by atoms with Crippen molar-refractivity contribution < 1.29 is 14.0 Å². The third kappa shape index (κ3) is 5.54. The molecule has 0 bridgehead atoms. The first-order valence-corrected chi connectivity index (χ1v) is 11.1. The third-order valence-corrected chi connectivity index (χ3v) is 6.44. The van der Waals surface area contributed by atoms with Gasteiger partial charge in [0.05, 0.1) is 0 Å². The lowest BCUT2D eigenvalue weighted by Gasteiger charge is -2.26. The minimum absolute atomic E-state index is 0.0165. The fourth-order valence-corrected chi connectivity index (χ4v) is 4.78. The van der Waals surface area contributed by atoms with E-state index in [1.807, 2.05) is 7.05 Å². The minimum atomic E-state index is -0.544. The molecule has 3 rings (SSSR count). The van der Waals surface area contributed by atoms with E-state index in [2.05, 4.69) is 20.8 Å². The van der Waals surface area contributed by atoms with Gasteiger partial charge in [0.15, 0.2) is 0 Å². The zero-order valence-corrected chi connectivity index (χ0v) is 16.9. The maximum Gasteiger partial charge on any atom is 0.286 e. The second kappa shape index (κ2) is 10.2. The lowest BCUT2D eigenvalue weighted by molar-refractivity contribution is -0.126. The average Bonchev–Trinajstić information content (AvgIpc) is 3.38. The van der Waals surface area contributed by atoms with Crippen LogP contribution in [0.15, 0.2) is 9.64 Å². The predicted molar refractivity (Wildman–Crippen MR) is 104 cm³/mol. The molecule has 2 N–H and O–H groups in total. The van der Waals surface area contributed by atoms with Gasteiger partial charge < -0.3 is 15.1 Å². The smallest absolute Gasteiger partial charge is 0.286 e. The highest BCUT2D eigenvalue weighted by molar-refractivity contribution is 7.99. The number of thioether (sulfide) groups is 1. The zero-order chi connectivity index (χ0) is 19.1. The molecule has 0 radical (unpaired) electrons. The topological polar surface area (TPSA) is 97.1 Å². The number of carbonyl (C=O) groups excluding carboxylic acids is 2. The summed E-state index contributed by atoms with van der Waals surface area (Å²) in [6.07, 6.45) is 9.34. The number of aromatic nitrogens is 2. The fraction of sp³-hybridized carbons (Fsp3) is 0.789. The van der Waals surface area contributed by atoms with Gasteiger partial charge in [-0.1, -0.05) is 43.9 Å². The Hall–Kier alpha value is -1.41. The molecule has 1 aromatic rings. The van der Waals surface area contributed by atoms with E-state index >= 15 is 0 Å². The molecule has 7 nitrogen and oxygen atoms in total. The summed E-state index contributed by atoms with van der Waals surface area (Å²) in [7, 11) is 1.88. The van der Waals surface area contributed by atoms with Crippen LogP contribution in [0.3, 0.4) is 0 Å². The Morgan fingerprint density at radius 2 is 1.81 bits per heavy atom. The number of Topliss-reactive ketones (excluding diaryl/α,β-unsaturated/α-hetero) is 1. The SMILES string of the molecule is CNCCSc1nnc(C(=O)C(NC(=O)C2CCCCC2)C2CCCC2)o1. The predicted octanol–water partition coefficient (Wildman–Crippen LogP) is 2.82. The van der Waals surface area contributed by atoms with Crippen LogP contribution >= 0.6 is 11.8 Å². The maximum absolute atomic E-state index is 13.1. The first-order valence-electron chi connectivity index (χ1n) is 10.1. The zero-order valence-electron chi connectivity index (χ0n) is 16.0. The maximum atomic E-state index is 13.1. The van der Waals surface area contributed by atoms with Crippen molar-refractivity contribution in [3.05, 3.63) is 5.89 Å². The van der Waals surface area contributed by atoms with Gasteiger partial charge in [-0.25, -0.2) is 0 Å². The Labute approximate surface area is 164 Å². The summed E-state index contributed by atoms with van der Waals surface area (Å²) in [6, 6.07) is -0.544. The van der Waals surface area contributed by atoms with Crippen molar-refractivity contribution in [3.8, 4) is 0 Å². The number of hydrogen-bond acceptors (Lipinski definition) is 7. The van der Waals surface area contributed by atoms with E-state index in [1.54, 1.807) is 0 Å². The number of nitrogens with zero attached hydrogens (tertiary/aromatic N) is 2. The molecule has 0 saturated heterocycles. The van der Waals surface area contributed by atoms with Crippen LogP contribution in [0.2, 0.25) is 0 Å². The number of nitrogens with one attached hydrogen (secondary N) is 2. The van der Waals surface area contributed by atoms with Crippen LogP contribution in [0, 0.1) is 11.8 Å². The molecule has 8 heteroatoms. The van der Waals surface area contributed by atoms with Gasteiger partial charge in [0.2, 0.25) is 11.7 Å². The summed E-state index contributed by atoms with van der Waals surface area (Å²) in [6.45, 7) is 0.818. The van der Waals surface area contributed by atoms with Gasteiger partial charge >= 0.3 is 0 Å². The van der Waals surface area contributed by atoms with Crippen LogP contribution < -0.4 is 10.6 Å². The Morgan fingerprint density at radius 1 is 1.11 bits per heavy atom. The number of carbonyl (C=O) groups is 2. The molecule has 0 spiro atoms. The lowest BCUT2D eigenvalue weighted by Crippen LogP contribution is -2.48. The minimum Gasteiger partial charge on any atom is -0.408 e. The fourth-order valence-electron chi connectivity index (χ4n) is 4.07. The van der Waals surface area contributed by atoms with Crippen molar-refractivity contribution in [2.45, 2.75) is 69.1 Å². The van der Waals surface area contributed by atoms with Gasteiger partial charge in [-0.05, 0) is 38.6 Å². The summed E-state index contributed by atoms with van der Waals surface area (Å²) < 4.78 is 5.57. The van der Waals surface area contributed by atoms with Gasteiger partial charge in [0, 0.05) is 18.2 Å². The Morgan fingerprint density at radius 3 is 2.52 bits per heavy atom. The Bertz CT molecular complexity index is 624. The highest BCUT2D eigenvalue weighted by Crippen LogP contribution is 2.31. The van der Waals surface area contributed by atoms with Crippen LogP contribution in [0.25, 0.3) is 0 Å². The van der Waals surface area contributed by atoms with E-state index in [1.165, 1.54) is 18.2 Å². The van der Waals surface area contributed by atoms with Crippen LogP contribution in [-0.4, -0.2) is 47.3 Å². The normalized spacial score (nSPS) is 19.9. The van der Waals surface area contributed by atoms with Crippen LogP contribution in [0.5, 0.6) is 0 Å². The molecule has 2 aliphatic rings. The quantitative estimate of drug-likeness (QED) is 0.378. The van der Waals surface area contributed by atoms with E-state index in [0.29, 0.717) is 5.22 Å². The Balaban J connectivity index is 1.66. The standard InChI is InChI=1S/C19H30N4O3S/c1-20-11-12-27-19-23-22-18(26-19)16(24)15(13-7-5-6-8-13)21-17(25)14-9-3-2-4-10-14/h13-15,20H,2-12H2,1H3,(H,21,25). The third-order valence-electron chi connectivity index (χ3n) is 5.62. The van der Waals surface area contributed by atoms with Gasteiger partial charge in [-0.3, -0.25) is 9.59 Å². The van der Waals surface area contributed by atoms with Crippen molar-refractivity contribution in [2.24, 2.45) is 11.8 Å². The van der Waals surface area contributed by atoms with E-state index in [0.717, 1.165) is 63.7 Å². The molecule has 1 amide bonds. The van der Waals surface area contributed by atoms with Crippen molar-refractivity contribution in [3.63, 3.8) is 0 Å². The van der Waals surface area contributed by atoms with Gasteiger partial charge in [0.1, 0.15) is 6.04 Å². The lowest BCUT2D eigenvalue weighted by atomic mass is 9.87. The van der Waals surface area contributed by atoms with E-state index in [9.17, 15) is 9.59 Å². The number of ketones is 1. The molecule has 1 atom stereocenters. The molecule has 1 heterocycles. The van der Waals surface area contributed by atoms with Crippen molar-refractivity contribution in [1.82, 2.24) is 20.8 Å². The molecule has 2 aliphatic carbocycles. The van der Waals surface area contributed by atoms with Gasteiger partial charge in [-0.15, -0.1) is 10.2 Å². The highest BCUT2D eigenvalue weighted by Gasteiger charge is 2.36. The second-order valence-electron chi connectivity index (χ2n) is 7.56. The van der Waals surface area contributed by atoms with Crippen LogP contribution in [0.4, 0.5) is 0 Å². The molecule has 1 aromatic heterocycles. The first kappa shape index (κ1) is 20.3. The molecule has 2 saturated carbocycles. The van der Waals surface area contributed by atoms with Crippen molar-refractivity contribution in [1.29, 1.82) is 0 Å². The summed E-state index contributed by atoms with van der Waals surface area (Å²) in [5.74, 6) is 0.782. The van der Waals surface area contributed by atoms with Gasteiger partial charge in [-0.2, -0.15) is 0 Å². The van der Waals surface area contributed by atoms with Crippen LogP contribution in [-0.2, 0) is 4.79 Å². The molecule has 27 heavy (non-hydrogen) atoms. The van der Waals surface area contributed by atoms with E-state index in [4.69, 9.17) is 4.42 Å². The molecular formula is C19H30N4O3S. The van der Waals surface area contributed by atoms with Crippen LogP contribution in [0.1, 0.15) is 68.5 Å². The molecule has 150 valence electrons. The van der Waals surface area contributed by atoms with E-state index in [-0.39, 0.29) is 29.4 Å². The number of hydrogen-bond donors (Lipinski definition) is 2. The monoisotopic (exact) mass is 394 g/mol. The van der Waals surface area contributed by atoms with Gasteiger partial charge in [0.25, 0.3) is 11.1 Å². The molecule has 0 aromatic carbocycles.